The second-order valence-electron chi connectivity index (χ2n) is 8.49. The van der Waals surface area contributed by atoms with Gasteiger partial charge in [-0.25, -0.2) is 4.98 Å². The van der Waals surface area contributed by atoms with E-state index < -0.39 is 0 Å². The van der Waals surface area contributed by atoms with Gasteiger partial charge >= 0.3 is 0 Å². The first-order chi connectivity index (χ1) is 15.6. The Kier molecular flexibility index (Phi) is 7.43. The zero-order valence-electron chi connectivity index (χ0n) is 19.1. The number of hydrogen-bond acceptors (Lipinski definition) is 4. The molecule has 1 saturated heterocycles. The number of ether oxygens (including phenoxy) is 2. The highest BCUT2D eigenvalue weighted by Gasteiger charge is 2.23. The van der Waals surface area contributed by atoms with Gasteiger partial charge in [0.2, 0.25) is 5.91 Å². The normalized spacial score (nSPS) is 15.9. The molecule has 6 nitrogen and oxygen atoms in total. The SMILES string of the molecule is Cc1cccc(C)c1OCCCCn1c(CCNC(=O)C2CCCO2)nc2ccccc21. The van der Waals surface area contributed by atoms with Crippen molar-refractivity contribution in [2.75, 3.05) is 19.8 Å². The summed E-state index contributed by atoms with van der Waals surface area (Å²) >= 11 is 0. The van der Waals surface area contributed by atoms with Gasteiger partial charge in [-0.05, 0) is 62.8 Å². The summed E-state index contributed by atoms with van der Waals surface area (Å²) in [7, 11) is 0. The average Bonchev–Trinajstić information content (AvgIpc) is 3.44. The van der Waals surface area contributed by atoms with Crippen molar-refractivity contribution in [2.24, 2.45) is 0 Å². The van der Waals surface area contributed by atoms with E-state index >= 15 is 0 Å². The summed E-state index contributed by atoms with van der Waals surface area (Å²) in [6.07, 6.45) is 4.16. The first-order valence-electron chi connectivity index (χ1n) is 11.7. The smallest absolute Gasteiger partial charge is 0.249 e. The Hall–Kier alpha value is -2.86. The molecule has 1 fully saturated rings. The molecular formula is C26H33N3O3. The van der Waals surface area contributed by atoms with Gasteiger partial charge in [-0.3, -0.25) is 4.79 Å². The van der Waals surface area contributed by atoms with Crippen molar-refractivity contribution in [3.8, 4) is 5.75 Å². The summed E-state index contributed by atoms with van der Waals surface area (Å²) in [6, 6.07) is 14.5. The first-order valence-corrected chi connectivity index (χ1v) is 11.7. The van der Waals surface area contributed by atoms with E-state index in [1.165, 1.54) is 11.1 Å². The number of para-hydroxylation sites is 3. The van der Waals surface area contributed by atoms with E-state index in [1.807, 2.05) is 18.2 Å². The second-order valence-corrected chi connectivity index (χ2v) is 8.49. The monoisotopic (exact) mass is 435 g/mol. The molecule has 4 rings (SSSR count). The number of unbranched alkanes of at least 4 members (excludes halogenated alkanes) is 1. The summed E-state index contributed by atoms with van der Waals surface area (Å²) in [4.78, 5) is 17.1. The van der Waals surface area contributed by atoms with Crippen molar-refractivity contribution in [1.82, 2.24) is 14.9 Å². The number of nitrogens with zero attached hydrogens (tertiary/aromatic N) is 2. The highest BCUT2D eigenvalue weighted by molar-refractivity contribution is 5.81. The molecule has 1 aromatic heterocycles. The number of hydrogen-bond donors (Lipinski definition) is 1. The number of nitrogens with one attached hydrogen (secondary N) is 1. The van der Waals surface area contributed by atoms with Crippen LogP contribution in [-0.2, 0) is 22.5 Å². The molecule has 1 atom stereocenters. The number of aryl methyl sites for hydroxylation is 3. The predicted octanol–water partition coefficient (Wildman–Crippen LogP) is 4.35. The maximum Gasteiger partial charge on any atom is 0.249 e. The van der Waals surface area contributed by atoms with Gasteiger partial charge in [-0.2, -0.15) is 0 Å². The zero-order valence-corrected chi connectivity index (χ0v) is 19.1. The molecule has 32 heavy (non-hydrogen) atoms. The molecule has 0 bridgehead atoms. The molecule has 0 saturated carbocycles. The molecule has 2 heterocycles. The number of imidazole rings is 1. The van der Waals surface area contributed by atoms with Gasteiger partial charge in [-0.15, -0.1) is 0 Å². The summed E-state index contributed by atoms with van der Waals surface area (Å²) < 4.78 is 13.8. The minimum atomic E-state index is -0.286. The van der Waals surface area contributed by atoms with Gasteiger partial charge in [0, 0.05) is 26.1 Å². The molecule has 0 radical (unpaired) electrons. The number of amides is 1. The molecule has 1 amide bonds. The topological polar surface area (TPSA) is 65.4 Å². The second kappa shape index (κ2) is 10.6. The molecule has 1 aliphatic heterocycles. The predicted molar refractivity (Wildman–Crippen MR) is 126 cm³/mol. The van der Waals surface area contributed by atoms with Gasteiger partial charge in [-0.1, -0.05) is 30.3 Å². The van der Waals surface area contributed by atoms with E-state index in [0.717, 1.165) is 54.8 Å². The number of rotatable bonds is 10. The van der Waals surface area contributed by atoms with E-state index in [2.05, 4.69) is 48.0 Å². The fourth-order valence-electron chi connectivity index (χ4n) is 4.33. The van der Waals surface area contributed by atoms with Crippen LogP contribution in [0.1, 0.15) is 42.6 Å². The highest BCUT2D eigenvalue weighted by Crippen LogP contribution is 2.23. The number of fused-ring (bicyclic) bond motifs is 1. The van der Waals surface area contributed by atoms with Crippen LogP contribution in [0.15, 0.2) is 42.5 Å². The summed E-state index contributed by atoms with van der Waals surface area (Å²) in [5, 5.41) is 3.01. The van der Waals surface area contributed by atoms with E-state index in [0.29, 0.717) is 26.2 Å². The van der Waals surface area contributed by atoms with Crippen LogP contribution in [0.2, 0.25) is 0 Å². The zero-order chi connectivity index (χ0) is 22.3. The van der Waals surface area contributed by atoms with Crippen molar-refractivity contribution >= 4 is 16.9 Å². The first kappa shape index (κ1) is 22.3. The Morgan fingerprint density at radius 3 is 2.75 bits per heavy atom. The molecule has 0 aliphatic carbocycles. The van der Waals surface area contributed by atoms with Crippen LogP contribution in [-0.4, -0.2) is 41.3 Å². The lowest BCUT2D eigenvalue weighted by molar-refractivity contribution is -0.130. The van der Waals surface area contributed by atoms with E-state index in [-0.39, 0.29) is 12.0 Å². The third-order valence-electron chi connectivity index (χ3n) is 6.03. The Bertz CT molecular complexity index is 1030. The molecule has 2 aromatic carbocycles. The van der Waals surface area contributed by atoms with Crippen LogP contribution in [0.25, 0.3) is 11.0 Å². The number of aromatic nitrogens is 2. The molecular weight excluding hydrogens is 402 g/mol. The number of carbonyl (C=O) groups is 1. The molecule has 0 spiro atoms. The molecule has 6 heteroatoms. The van der Waals surface area contributed by atoms with Gasteiger partial charge in [0.1, 0.15) is 17.7 Å². The maximum atomic E-state index is 12.2. The Morgan fingerprint density at radius 2 is 1.97 bits per heavy atom. The Labute approximate surface area is 189 Å². The van der Waals surface area contributed by atoms with E-state index in [9.17, 15) is 4.79 Å². The maximum absolute atomic E-state index is 12.2. The van der Waals surface area contributed by atoms with Crippen molar-refractivity contribution in [3.63, 3.8) is 0 Å². The lowest BCUT2D eigenvalue weighted by atomic mass is 10.1. The van der Waals surface area contributed by atoms with Crippen LogP contribution in [0.5, 0.6) is 5.75 Å². The Balaban J connectivity index is 1.32. The fraction of sp³-hybridized carbons (Fsp3) is 0.462. The Morgan fingerprint density at radius 1 is 1.16 bits per heavy atom. The van der Waals surface area contributed by atoms with Gasteiger partial charge in [0.15, 0.2) is 0 Å². The molecule has 1 N–H and O–H groups in total. The van der Waals surface area contributed by atoms with Crippen molar-refractivity contribution in [1.29, 1.82) is 0 Å². The van der Waals surface area contributed by atoms with Gasteiger partial charge < -0.3 is 19.4 Å². The highest BCUT2D eigenvalue weighted by atomic mass is 16.5. The van der Waals surface area contributed by atoms with Crippen molar-refractivity contribution in [2.45, 2.75) is 58.6 Å². The quantitative estimate of drug-likeness (QED) is 0.481. The minimum Gasteiger partial charge on any atom is -0.493 e. The van der Waals surface area contributed by atoms with Gasteiger partial charge in [0.25, 0.3) is 0 Å². The van der Waals surface area contributed by atoms with Crippen LogP contribution < -0.4 is 10.1 Å². The van der Waals surface area contributed by atoms with Gasteiger partial charge in [0.05, 0.1) is 17.6 Å². The molecule has 1 unspecified atom stereocenters. The average molecular weight is 436 g/mol. The third kappa shape index (κ3) is 5.30. The fourth-order valence-corrected chi connectivity index (χ4v) is 4.33. The van der Waals surface area contributed by atoms with Crippen molar-refractivity contribution in [3.05, 3.63) is 59.4 Å². The molecule has 1 aliphatic rings. The summed E-state index contributed by atoms with van der Waals surface area (Å²) in [5.74, 6) is 2.01. The van der Waals surface area contributed by atoms with E-state index in [4.69, 9.17) is 14.5 Å². The van der Waals surface area contributed by atoms with Crippen LogP contribution >= 0.6 is 0 Å². The minimum absolute atomic E-state index is 0.00573. The number of carbonyl (C=O) groups excluding carboxylic acids is 1. The van der Waals surface area contributed by atoms with Crippen LogP contribution in [0, 0.1) is 13.8 Å². The van der Waals surface area contributed by atoms with Crippen LogP contribution in [0.3, 0.4) is 0 Å². The molecule has 170 valence electrons. The lowest BCUT2D eigenvalue weighted by Gasteiger charge is -2.13. The standard InChI is InChI=1S/C26H33N3O3/c1-19-9-7-10-20(2)25(19)32-17-6-5-16-29-22-12-4-3-11-21(22)28-24(29)14-15-27-26(30)23-13-8-18-31-23/h3-4,7,9-12,23H,5-6,8,13-18H2,1-2H3,(H,27,30). The summed E-state index contributed by atoms with van der Waals surface area (Å²) in [6.45, 7) is 7.00. The van der Waals surface area contributed by atoms with E-state index in [1.54, 1.807) is 0 Å². The van der Waals surface area contributed by atoms with Crippen LogP contribution in [0.4, 0.5) is 0 Å². The molecule has 3 aromatic rings. The number of benzene rings is 2. The third-order valence-corrected chi connectivity index (χ3v) is 6.03. The summed E-state index contributed by atoms with van der Waals surface area (Å²) in [5.41, 5.74) is 4.50. The largest absolute Gasteiger partial charge is 0.493 e. The van der Waals surface area contributed by atoms with Crippen molar-refractivity contribution < 1.29 is 14.3 Å². The lowest BCUT2D eigenvalue weighted by Crippen LogP contribution is -2.35.